The van der Waals surface area contributed by atoms with Crippen LogP contribution in [0.4, 0.5) is 5.82 Å². The van der Waals surface area contributed by atoms with E-state index >= 15 is 0 Å². The highest BCUT2D eigenvalue weighted by molar-refractivity contribution is 7.92. The average molecular weight is 283 g/mol. The van der Waals surface area contributed by atoms with E-state index in [0.29, 0.717) is 18.2 Å². The molecule has 0 saturated carbocycles. The Morgan fingerprint density at radius 2 is 2.05 bits per heavy atom. The van der Waals surface area contributed by atoms with Gasteiger partial charge in [0.25, 0.3) is 10.0 Å². The molecule has 2 aromatic heterocycles. The van der Waals surface area contributed by atoms with Gasteiger partial charge in [-0.2, -0.15) is 13.5 Å². The number of H-pyrrole nitrogens is 1. The lowest BCUT2D eigenvalue weighted by Crippen LogP contribution is -2.14. The molecule has 0 spiro atoms. The Bertz CT molecular complexity index is 699. The molecule has 0 aliphatic carbocycles. The second kappa shape index (κ2) is 4.69. The summed E-state index contributed by atoms with van der Waals surface area (Å²) < 4.78 is 28.6. The van der Waals surface area contributed by atoms with E-state index in [2.05, 4.69) is 19.9 Å². The molecule has 0 fully saturated rings. The third-order valence-corrected chi connectivity index (χ3v) is 4.26. The van der Waals surface area contributed by atoms with Gasteiger partial charge in [0.1, 0.15) is 5.82 Å². The highest BCUT2D eigenvalue weighted by Gasteiger charge is 2.21. The van der Waals surface area contributed by atoms with Gasteiger partial charge in [-0.25, -0.2) is 4.98 Å². The Hall–Kier alpha value is -1.83. The predicted molar refractivity (Wildman–Crippen MR) is 71.5 cm³/mol. The van der Waals surface area contributed by atoms with Crippen molar-refractivity contribution in [2.45, 2.75) is 39.3 Å². The Kier molecular flexibility index (Phi) is 3.36. The Balaban J connectivity index is 2.35. The van der Waals surface area contributed by atoms with Crippen LogP contribution in [0.5, 0.6) is 0 Å². The van der Waals surface area contributed by atoms with E-state index < -0.39 is 10.0 Å². The molecule has 0 atom stereocenters. The zero-order chi connectivity index (χ0) is 14.2. The largest absolute Gasteiger partial charge is 0.334 e. The summed E-state index contributed by atoms with van der Waals surface area (Å²) in [5.41, 5.74) is 1.60. The summed E-state index contributed by atoms with van der Waals surface area (Å²) in [4.78, 5) is 4.06. The highest BCUT2D eigenvalue weighted by atomic mass is 32.2. The molecule has 2 heterocycles. The topological polar surface area (TPSA) is 92.7 Å². The van der Waals surface area contributed by atoms with Crippen molar-refractivity contribution in [3.05, 3.63) is 23.3 Å². The summed E-state index contributed by atoms with van der Waals surface area (Å²) in [6, 6.07) is 0. The van der Waals surface area contributed by atoms with Gasteiger partial charge in [0, 0.05) is 24.0 Å². The van der Waals surface area contributed by atoms with Crippen LogP contribution >= 0.6 is 0 Å². The normalized spacial score (nSPS) is 11.8. The van der Waals surface area contributed by atoms with Crippen LogP contribution in [0.3, 0.4) is 0 Å². The fourth-order valence-electron chi connectivity index (χ4n) is 1.69. The molecular weight excluding hydrogens is 266 g/mol. The number of aromatic amines is 1. The number of hydrogen-bond acceptors (Lipinski definition) is 4. The van der Waals surface area contributed by atoms with E-state index in [1.165, 1.54) is 6.20 Å². The van der Waals surface area contributed by atoms with Gasteiger partial charge in [-0.3, -0.25) is 9.82 Å². The maximum absolute atomic E-state index is 12.2. The second-order valence-electron chi connectivity index (χ2n) is 4.34. The van der Waals surface area contributed by atoms with Crippen LogP contribution in [-0.4, -0.2) is 28.2 Å². The first-order chi connectivity index (χ1) is 8.85. The van der Waals surface area contributed by atoms with Crippen molar-refractivity contribution in [2.75, 3.05) is 4.72 Å². The van der Waals surface area contributed by atoms with E-state index in [0.717, 1.165) is 11.3 Å². The molecule has 2 aromatic rings. The fraction of sp³-hybridized carbons (Fsp3) is 0.455. The van der Waals surface area contributed by atoms with Gasteiger partial charge in [0.05, 0.1) is 0 Å². The minimum atomic E-state index is -3.70. The predicted octanol–water partition coefficient (Wildman–Crippen LogP) is 1.35. The number of sulfonamides is 1. The van der Waals surface area contributed by atoms with Crippen molar-refractivity contribution >= 4 is 15.8 Å². The number of nitrogens with one attached hydrogen (secondary N) is 2. The molecule has 0 aliphatic rings. The smallest absolute Gasteiger partial charge is 0.282 e. The molecule has 0 amide bonds. The summed E-state index contributed by atoms with van der Waals surface area (Å²) in [7, 11) is -3.70. The van der Waals surface area contributed by atoms with E-state index in [1.54, 1.807) is 18.4 Å². The molecule has 0 bridgehead atoms. The molecule has 0 saturated heterocycles. The standard InChI is InChI=1S/C11H17N5O2S/c1-5-16-6-10(12-9(16)4)19(17,18)15-11-7(2)8(3)13-14-11/h6H,5H2,1-4H3,(H2,13,14,15). The van der Waals surface area contributed by atoms with Crippen molar-refractivity contribution in [3.63, 3.8) is 0 Å². The first kappa shape index (κ1) is 13.6. The fourth-order valence-corrected chi connectivity index (χ4v) is 2.77. The summed E-state index contributed by atoms with van der Waals surface area (Å²) in [6.45, 7) is 8.00. The van der Waals surface area contributed by atoms with Gasteiger partial charge in [-0.1, -0.05) is 0 Å². The highest BCUT2D eigenvalue weighted by Crippen LogP contribution is 2.18. The number of aromatic nitrogens is 4. The first-order valence-electron chi connectivity index (χ1n) is 5.93. The number of rotatable bonds is 4. The van der Waals surface area contributed by atoms with Crippen LogP contribution in [0.1, 0.15) is 24.0 Å². The molecule has 19 heavy (non-hydrogen) atoms. The van der Waals surface area contributed by atoms with Crippen LogP contribution in [0, 0.1) is 20.8 Å². The SMILES string of the molecule is CCn1cc(S(=O)(=O)Nc2n[nH]c(C)c2C)nc1C. The van der Waals surface area contributed by atoms with Crippen molar-refractivity contribution in [3.8, 4) is 0 Å². The Morgan fingerprint density at radius 1 is 1.37 bits per heavy atom. The first-order valence-corrected chi connectivity index (χ1v) is 7.41. The zero-order valence-electron chi connectivity index (χ0n) is 11.4. The Morgan fingerprint density at radius 3 is 2.53 bits per heavy atom. The molecule has 104 valence electrons. The number of hydrogen-bond donors (Lipinski definition) is 2. The zero-order valence-corrected chi connectivity index (χ0v) is 12.2. The van der Waals surface area contributed by atoms with Crippen molar-refractivity contribution in [2.24, 2.45) is 0 Å². The lowest BCUT2D eigenvalue weighted by Gasteiger charge is -2.03. The van der Waals surface area contributed by atoms with E-state index in [9.17, 15) is 8.42 Å². The summed E-state index contributed by atoms with van der Waals surface area (Å²) in [5, 5.41) is 6.67. The minimum absolute atomic E-state index is 0.00639. The molecule has 2 N–H and O–H groups in total. The molecule has 8 heteroatoms. The molecule has 0 aliphatic heterocycles. The number of aryl methyl sites for hydroxylation is 3. The molecule has 7 nitrogen and oxygen atoms in total. The number of anilines is 1. The van der Waals surface area contributed by atoms with Gasteiger partial charge < -0.3 is 4.57 Å². The van der Waals surface area contributed by atoms with Gasteiger partial charge in [-0.05, 0) is 27.7 Å². The van der Waals surface area contributed by atoms with Crippen molar-refractivity contribution < 1.29 is 8.42 Å². The maximum Gasteiger partial charge on any atom is 0.282 e. The van der Waals surface area contributed by atoms with E-state index in [-0.39, 0.29) is 5.03 Å². The number of nitrogens with zero attached hydrogens (tertiary/aromatic N) is 3. The molecular formula is C11H17N5O2S. The van der Waals surface area contributed by atoms with E-state index in [4.69, 9.17) is 0 Å². The van der Waals surface area contributed by atoms with Crippen LogP contribution in [0.25, 0.3) is 0 Å². The van der Waals surface area contributed by atoms with Gasteiger partial charge in [0.2, 0.25) is 0 Å². The lowest BCUT2D eigenvalue weighted by atomic mass is 10.3. The summed E-state index contributed by atoms with van der Waals surface area (Å²) in [6.07, 6.45) is 1.52. The van der Waals surface area contributed by atoms with Crippen LogP contribution in [0.2, 0.25) is 0 Å². The second-order valence-corrected chi connectivity index (χ2v) is 5.97. The quantitative estimate of drug-likeness (QED) is 0.886. The van der Waals surface area contributed by atoms with Gasteiger partial charge in [0.15, 0.2) is 10.8 Å². The molecule has 2 rings (SSSR count). The minimum Gasteiger partial charge on any atom is -0.334 e. The van der Waals surface area contributed by atoms with Gasteiger partial charge in [-0.15, -0.1) is 0 Å². The lowest BCUT2D eigenvalue weighted by molar-refractivity contribution is 0.597. The van der Waals surface area contributed by atoms with Crippen LogP contribution < -0.4 is 4.72 Å². The molecule has 0 radical (unpaired) electrons. The molecule has 0 aromatic carbocycles. The number of imidazole rings is 1. The van der Waals surface area contributed by atoms with Crippen LogP contribution in [-0.2, 0) is 16.6 Å². The maximum atomic E-state index is 12.2. The van der Waals surface area contributed by atoms with Crippen LogP contribution in [0.15, 0.2) is 11.2 Å². The Labute approximate surface area is 112 Å². The monoisotopic (exact) mass is 283 g/mol. The van der Waals surface area contributed by atoms with Crippen molar-refractivity contribution in [1.29, 1.82) is 0 Å². The third-order valence-electron chi connectivity index (χ3n) is 3.05. The van der Waals surface area contributed by atoms with E-state index in [1.807, 2.05) is 13.8 Å². The summed E-state index contributed by atoms with van der Waals surface area (Å²) >= 11 is 0. The molecule has 0 unspecified atom stereocenters. The third kappa shape index (κ3) is 2.48. The average Bonchev–Trinajstić information content (AvgIpc) is 2.87. The summed E-state index contributed by atoms with van der Waals surface area (Å²) in [5.74, 6) is 0.971. The van der Waals surface area contributed by atoms with Crippen molar-refractivity contribution in [1.82, 2.24) is 19.7 Å². The van der Waals surface area contributed by atoms with Gasteiger partial charge >= 0.3 is 0 Å².